The lowest BCUT2D eigenvalue weighted by molar-refractivity contribution is 1.11. The van der Waals surface area contributed by atoms with Crippen LogP contribution in [0.25, 0.3) is 39.8 Å². The molecule has 0 saturated carbocycles. The molecular weight excluding hydrogens is 310 g/mol. The SMILES string of the molecule is C=C/C=C\c1cc(-c2n[nH]c3ccc(-c4cccnc4)nc23)[nH]c1C. The standard InChI is InChI=1S/C20H17N5/c1-3-4-6-14-11-18(22-13(14)2)20-19-17(24-25-20)9-8-16(23-19)15-7-5-10-21-12-15/h3-12,22H,1H2,2H3,(H,24,25)/b6-4-. The maximum absolute atomic E-state index is 4.79. The largest absolute Gasteiger partial charge is 0.357 e. The van der Waals surface area contributed by atoms with Crippen LogP contribution < -0.4 is 0 Å². The second-order valence-corrected chi connectivity index (χ2v) is 5.76. The average molecular weight is 327 g/mol. The van der Waals surface area contributed by atoms with Crippen LogP contribution in [0.5, 0.6) is 0 Å². The van der Waals surface area contributed by atoms with Gasteiger partial charge in [0.25, 0.3) is 0 Å². The molecule has 0 aliphatic rings. The van der Waals surface area contributed by atoms with Crippen LogP contribution in [-0.2, 0) is 0 Å². The lowest BCUT2D eigenvalue weighted by Crippen LogP contribution is -1.86. The van der Waals surface area contributed by atoms with Gasteiger partial charge in [-0.15, -0.1) is 0 Å². The van der Waals surface area contributed by atoms with E-state index in [4.69, 9.17) is 4.98 Å². The van der Waals surface area contributed by atoms with Crippen molar-refractivity contribution in [3.63, 3.8) is 0 Å². The van der Waals surface area contributed by atoms with Gasteiger partial charge in [-0.3, -0.25) is 10.1 Å². The van der Waals surface area contributed by atoms with Gasteiger partial charge in [-0.25, -0.2) is 4.98 Å². The number of allylic oxidation sites excluding steroid dienone is 2. The Morgan fingerprint density at radius 2 is 2.12 bits per heavy atom. The summed E-state index contributed by atoms with van der Waals surface area (Å²) in [5.74, 6) is 0. The molecule has 0 radical (unpaired) electrons. The van der Waals surface area contributed by atoms with Crippen LogP contribution in [0.2, 0.25) is 0 Å². The summed E-state index contributed by atoms with van der Waals surface area (Å²) in [6.45, 7) is 5.75. The molecule has 4 aromatic rings. The van der Waals surface area contributed by atoms with Crippen molar-refractivity contribution >= 4 is 17.1 Å². The van der Waals surface area contributed by atoms with Crippen molar-refractivity contribution in [2.24, 2.45) is 0 Å². The number of nitrogens with one attached hydrogen (secondary N) is 2. The van der Waals surface area contributed by atoms with Gasteiger partial charge in [-0.2, -0.15) is 5.10 Å². The second kappa shape index (κ2) is 6.20. The first-order valence-electron chi connectivity index (χ1n) is 8.01. The topological polar surface area (TPSA) is 70.2 Å². The van der Waals surface area contributed by atoms with Crippen molar-refractivity contribution in [1.82, 2.24) is 25.1 Å². The van der Waals surface area contributed by atoms with Crippen molar-refractivity contribution < 1.29 is 0 Å². The Morgan fingerprint density at radius 1 is 1.20 bits per heavy atom. The molecule has 25 heavy (non-hydrogen) atoms. The maximum Gasteiger partial charge on any atom is 0.135 e. The minimum Gasteiger partial charge on any atom is -0.357 e. The van der Waals surface area contributed by atoms with E-state index in [0.717, 1.165) is 44.9 Å². The Bertz CT molecular complexity index is 1070. The number of hydrogen-bond donors (Lipinski definition) is 2. The molecule has 0 bridgehead atoms. The van der Waals surface area contributed by atoms with Gasteiger partial charge in [0.15, 0.2) is 0 Å². The monoisotopic (exact) mass is 327 g/mol. The number of nitrogens with zero attached hydrogens (tertiary/aromatic N) is 3. The smallest absolute Gasteiger partial charge is 0.135 e. The highest BCUT2D eigenvalue weighted by Gasteiger charge is 2.14. The number of hydrogen-bond acceptors (Lipinski definition) is 3. The molecule has 0 fully saturated rings. The molecule has 0 unspecified atom stereocenters. The Balaban J connectivity index is 1.83. The summed E-state index contributed by atoms with van der Waals surface area (Å²) in [4.78, 5) is 12.3. The summed E-state index contributed by atoms with van der Waals surface area (Å²) in [6.07, 6.45) is 9.26. The highest BCUT2D eigenvalue weighted by Crippen LogP contribution is 2.28. The van der Waals surface area contributed by atoms with E-state index in [-0.39, 0.29) is 0 Å². The van der Waals surface area contributed by atoms with Crippen LogP contribution in [0.1, 0.15) is 11.3 Å². The van der Waals surface area contributed by atoms with E-state index < -0.39 is 0 Å². The fourth-order valence-electron chi connectivity index (χ4n) is 2.81. The van der Waals surface area contributed by atoms with Crippen molar-refractivity contribution in [2.45, 2.75) is 6.92 Å². The van der Waals surface area contributed by atoms with Crippen LogP contribution in [0.15, 0.2) is 61.5 Å². The number of aryl methyl sites for hydroxylation is 1. The van der Waals surface area contributed by atoms with Gasteiger partial charge in [-0.05, 0) is 42.8 Å². The van der Waals surface area contributed by atoms with Gasteiger partial charge < -0.3 is 4.98 Å². The van der Waals surface area contributed by atoms with E-state index in [1.165, 1.54) is 0 Å². The van der Waals surface area contributed by atoms with E-state index in [1.54, 1.807) is 12.3 Å². The minimum atomic E-state index is 0.807. The number of rotatable bonds is 4. The molecule has 0 aliphatic carbocycles. The quantitative estimate of drug-likeness (QED) is 0.541. The molecule has 0 aliphatic heterocycles. The van der Waals surface area contributed by atoms with E-state index in [0.29, 0.717) is 0 Å². The van der Waals surface area contributed by atoms with Crippen molar-refractivity contribution in [3.05, 3.63) is 72.7 Å². The number of aromatic amines is 2. The summed E-state index contributed by atoms with van der Waals surface area (Å²) in [5, 5.41) is 7.51. The number of pyridine rings is 2. The predicted octanol–water partition coefficient (Wildman–Crippen LogP) is 4.52. The van der Waals surface area contributed by atoms with Gasteiger partial charge in [0, 0.05) is 23.7 Å². The van der Waals surface area contributed by atoms with Crippen LogP contribution >= 0.6 is 0 Å². The first kappa shape index (κ1) is 15.1. The fraction of sp³-hybridized carbons (Fsp3) is 0.0500. The lowest BCUT2D eigenvalue weighted by atomic mass is 10.1. The minimum absolute atomic E-state index is 0.807. The second-order valence-electron chi connectivity index (χ2n) is 5.76. The summed E-state index contributed by atoms with van der Waals surface area (Å²) in [6, 6.07) is 9.94. The molecule has 5 nitrogen and oxygen atoms in total. The fourth-order valence-corrected chi connectivity index (χ4v) is 2.81. The first-order valence-corrected chi connectivity index (χ1v) is 8.01. The molecule has 0 amide bonds. The number of aromatic nitrogens is 5. The number of fused-ring (bicyclic) bond motifs is 1. The molecule has 0 atom stereocenters. The van der Waals surface area contributed by atoms with E-state index in [2.05, 4.69) is 32.8 Å². The lowest BCUT2D eigenvalue weighted by Gasteiger charge is -2.00. The zero-order valence-electron chi connectivity index (χ0n) is 13.8. The Labute approximate surface area is 145 Å². The van der Waals surface area contributed by atoms with Gasteiger partial charge in [0.2, 0.25) is 0 Å². The summed E-state index contributed by atoms with van der Waals surface area (Å²) in [5.41, 5.74) is 7.51. The summed E-state index contributed by atoms with van der Waals surface area (Å²) in [7, 11) is 0. The molecule has 0 spiro atoms. The van der Waals surface area contributed by atoms with Gasteiger partial charge >= 0.3 is 0 Å². The van der Waals surface area contributed by atoms with Gasteiger partial charge in [0.1, 0.15) is 11.2 Å². The molecule has 0 saturated heterocycles. The van der Waals surface area contributed by atoms with E-state index in [9.17, 15) is 0 Å². The van der Waals surface area contributed by atoms with Gasteiger partial charge in [0.05, 0.1) is 16.9 Å². The molecule has 122 valence electrons. The maximum atomic E-state index is 4.79. The van der Waals surface area contributed by atoms with E-state index >= 15 is 0 Å². The number of H-pyrrole nitrogens is 2. The molecule has 2 N–H and O–H groups in total. The van der Waals surface area contributed by atoms with Crippen LogP contribution in [0.4, 0.5) is 0 Å². The summed E-state index contributed by atoms with van der Waals surface area (Å²) >= 11 is 0. The zero-order valence-corrected chi connectivity index (χ0v) is 13.8. The van der Waals surface area contributed by atoms with Crippen molar-refractivity contribution in [2.75, 3.05) is 0 Å². The summed E-state index contributed by atoms with van der Waals surface area (Å²) < 4.78 is 0. The third kappa shape index (κ3) is 2.76. The first-order chi connectivity index (χ1) is 12.3. The molecule has 4 aromatic heterocycles. The third-order valence-corrected chi connectivity index (χ3v) is 4.09. The predicted molar refractivity (Wildman–Crippen MR) is 101 cm³/mol. The van der Waals surface area contributed by atoms with Crippen LogP contribution in [-0.4, -0.2) is 25.1 Å². The normalized spacial score (nSPS) is 11.4. The van der Waals surface area contributed by atoms with Crippen LogP contribution in [0, 0.1) is 6.92 Å². The Morgan fingerprint density at radius 3 is 2.92 bits per heavy atom. The van der Waals surface area contributed by atoms with Crippen molar-refractivity contribution in [3.8, 4) is 22.6 Å². The third-order valence-electron chi connectivity index (χ3n) is 4.09. The van der Waals surface area contributed by atoms with Gasteiger partial charge in [-0.1, -0.05) is 24.8 Å². The Kier molecular flexibility index (Phi) is 3.74. The Hall–Kier alpha value is -3.47. The highest BCUT2D eigenvalue weighted by atomic mass is 15.1. The van der Waals surface area contributed by atoms with Crippen molar-refractivity contribution in [1.29, 1.82) is 0 Å². The molecule has 0 aromatic carbocycles. The molecule has 4 heterocycles. The average Bonchev–Trinajstić information content (AvgIpc) is 3.23. The zero-order chi connectivity index (χ0) is 17.2. The van der Waals surface area contributed by atoms with E-state index in [1.807, 2.05) is 49.5 Å². The molecular formula is C20H17N5. The highest BCUT2D eigenvalue weighted by molar-refractivity contribution is 5.90. The molecule has 4 rings (SSSR count). The molecule has 5 heteroatoms. The van der Waals surface area contributed by atoms with Crippen LogP contribution in [0.3, 0.4) is 0 Å².